The first kappa shape index (κ1) is 10.0. The number of rotatable bonds is 3. The van der Waals surface area contributed by atoms with Crippen LogP contribution in [0.15, 0.2) is 0 Å². The minimum absolute atomic E-state index is 0.463. The van der Waals surface area contributed by atoms with Gasteiger partial charge in [0.1, 0.15) is 0 Å². The molecule has 0 heteroatoms. The third kappa shape index (κ3) is 3.24. The van der Waals surface area contributed by atoms with Crippen LogP contribution in [-0.4, -0.2) is 0 Å². The summed E-state index contributed by atoms with van der Waals surface area (Å²) in [6, 6.07) is 0. The molecule has 0 aliphatic rings. The molecular weight excluding hydrogens is 120 g/mol. The first-order valence-corrected chi connectivity index (χ1v) is 4.35. The summed E-state index contributed by atoms with van der Waals surface area (Å²) in [4.78, 5) is 0. The van der Waals surface area contributed by atoms with Crippen molar-refractivity contribution in [2.75, 3.05) is 0 Å². The molecule has 0 N–H and O–H groups in total. The van der Waals surface area contributed by atoms with Gasteiger partial charge < -0.3 is 0 Å². The van der Waals surface area contributed by atoms with E-state index in [0.29, 0.717) is 5.41 Å². The van der Waals surface area contributed by atoms with Gasteiger partial charge in [0.05, 0.1) is 0 Å². The van der Waals surface area contributed by atoms with Crippen molar-refractivity contribution in [3.63, 3.8) is 0 Å². The molecular formula is C10H21. The Morgan fingerprint density at radius 1 is 1.20 bits per heavy atom. The van der Waals surface area contributed by atoms with Crippen LogP contribution in [0.1, 0.15) is 47.5 Å². The van der Waals surface area contributed by atoms with Crippen molar-refractivity contribution in [3.05, 3.63) is 6.42 Å². The molecule has 0 aromatic heterocycles. The molecule has 0 heterocycles. The molecule has 0 spiro atoms. The topological polar surface area (TPSA) is 0 Å². The maximum absolute atomic E-state index is 2.43. The van der Waals surface area contributed by atoms with Crippen molar-refractivity contribution in [1.82, 2.24) is 0 Å². The largest absolute Gasteiger partial charge is 0.0651 e. The van der Waals surface area contributed by atoms with Crippen molar-refractivity contribution in [3.8, 4) is 0 Å². The predicted octanol–water partition coefficient (Wildman–Crippen LogP) is 3.67. The highest BCUT2D eigenvalue weighted by Gasteiger charge is 2.21. The number of hydrogen-bond acceptors (Lipinski definition) is 0. The molecule has 0 bridgehead atoms. The van der Waals surface area contributed by atoms with E-state index in [-0.39, 0.29) is 0 Å². The van der Waals surface area contributed by atoms with E-state index in [4.69, 9.17) is 0 Å². The molecule has 1 unspecified atom stereocenters. The highest BCUT2D eigenvalue weighted by atomic mass is 14.3. The highest BCUT2D eigenvalue weighted by Crippen LogP contribution is 2.31. The second kappa shape index (κ2) is 4.00. The van der Waals surface area contributed by atoms with Crippen LogP contribution in [0.5, 0.6) is 0 Å². The van der Waals surface area contributed by atoms with E-state index < -0.39 is 0 Å². The van der Waals surface area contributed by atoms with Gasteiger partial charge in [-0.05, 0) is 17.8 Å². The lowest BCUT2D eigenvalue weighted by molar-refractivity contribution is 0.263. The zero-order chi connectivity index (χ0) is 8.20. The quantitative estimate of drug-likeness (QED) is 0.562. The van der Waals surface area contributed by atoms with Gasteiger partial charge in [-0.3, -0.25) is 0 Å². The second-order valence-corrected chi connectivity index (χ2v) is 4.02. The van der Waals surface area contributed by atoms with E-state index in [9.17, 15) is 0 Å². The summed E-state index contributed by atoms with van der Waals surface area (Å²) < 4.78 is 0. The minimum atomic E-state index is 0.463. The lowest BCUT2D eigenvalue weighted by Gasteiger charge is -2.29. The van der Waals surface area contributed by atoms with Crippen LogP contribution < -0.4 is 0 Å². The summed E-state index contributed by atoms with van der Waals surface area (Å²) in [5.74, 6) is 0.789. The smallest absolute Gasteiger partial charge is 0.0337 e. The molecule has 61 valence electrons. The zero-order valence-electron chi connectivity index (χ0n) is 8.07. The summed E-state index contributed by atoms with van der Waals surface area (Å²) in [6.07, 6.45) is 4.91. The fourth-order valence-corrected chi connectivity index (χ4v) is 1.42. The third-order valence-electron chi connectivity index (χ3n) is 2.07. The van der Waals surface area contributed by atoms with Crippen LogP contribution in [0, 0.1) is 17.8 Å². The summed E-state index contributed by atoms with van der Waals surface area (Å²) in [7, 11) is 0. The molecule has 1 radical (unpaired) electrons. The first-order valence-electron chi connectivity index (χ1n) is 4.35. The van der Waals surface area contributed by atoms with Crippen LogP contribution in [-0.2, 0) is 0 Å². The molecule has 0 aromatic rings. The Labute approximate surface area is 66.0 Å². The van der Waals surface area contributed by atoms with E-state index >= 15 is 0 Å². The van der Waals surface area contributed by atoms with Crippen molar-refractivity contribution >= 4 is 0 Å². The van der Waals surface area contributed by atoms with E-state index in [1.54, 1.807) is 0 Å². The van der Waals surface area contributed by atoms with Crippen LogP contribution in [0.25, 0.3) is 0 Å². The summed E-state index contributed by atoms with van der Waals surface area (Å²) in [5.41, 5.74) is 0.463. The van der Waals surface area contributed by atoms with Crippen molar-refractivity contribution < 1.29 is 0 Å². The molecule has 0 rings (SSSR count). The van der Waals surface area contributed by atoms with Crippen molar-refractivity contribution in [2.24, 2.45) is 11.3 Å². The lowest BCUT2D eigenvalue weighted by atomic mass is 9.77. The summed E-state index contributed by atoms with van der Waals surface area (Å²) >= 11 is 0. The Kier molecular flexibility index (Phi) is 4.00. The zero-order valence-corrected chi connectivity index (χ0v) is 8.07. The molecule has 0 aliphatic carbocycles. The van der Waals surface area contributed by atoms with Crippen molar-refractivity contribution in [1.29, 1.82) is 0 Å². The van der Waals surface area contributed by atoms with Gasteiger partial charge in [-0.2, -0.15) is 0 Å². The average molecular weight is 141 g/mol. The SMILES string of the molecule is CC[CH]C(CC)C(C)(C)C. The van der Waals surface area contributed by atoms with Gasteiger partial charge in [-0.1, -0.05) is 47.5 Å². The molecule has 0 amide bonds. The average Bonchev–Trinajstić information content (AvgIpc) is 1.80. The molecule has 10 heavy (non-hydrogen) atoms. The van der Waals surface area contributed by atoms with Gasteiger partial charge in [0.15, 0.2) is 0 Å². The van der Waals surface area contributed by atoms with Crippen LogP contribution in [0.3, 0.4) is 0 Å². The minimum Gasteiger partial charge on any atom is -0.0651 e. The molecule has 0 aliphatic heterocycles. The van der Waals surface area contributed by atoms with Gasteiger partial charge in [0.25, 0.3) is 0 Å². The van der Waals surface area contributed by atoms with E-state index in [1.807, 2.05) is 0 Å². The predicted molar refractivity (Wildman–Crippen MR) is 47.8 cm³/mol. The fraction of sp³-hybridized carbons (Fsp3) is 0.900. The first-order chi connectivity index (χ1) is 4.52. The van der Waals surface area contributed by atoms with E-state index in [1.165, 1.54) is 12.8 Å². The highest BCUT2D eigenvalue weighted by molar-refractivity contribution is 4.83. The van der Waals surface area contributed by atoms with Crippen molar-refractivity contribution in [2.45, 2.75) is 47.5 Å². The molecule has 0 saturated heterocycles. The maximum Gasteiger partial charge on any atom is -0.0337 e. The summed E-state index contributed by atoms with van der Waals surface area (Å²) in [6.45, 7) is 11.4. The van der Waals surface area contributed by atoms with Gasteiger partial charge in [-0.15, -0.1) is 0 Å². The van der Waals surface area contributed by atoms with Gasteiger partial charge in [0, 0.05) is 0 Å². The fourth-order valence-electron chi connectivity index (χ4n) is 1.42. The molecule has 0 fully saturated rings. The monoisotopic (exact) mass is 141 g/mol. The Balaban J connectivity index is 3.81. The maximum atomic E-state index is 2.43. The standard InChI is InChI=1S/C10H21/c1-6-8-9(7-2)10(3,4)5/h8-9H,6-7H2,1-5H3. The van der Waals surface area contributed by atoms with Gasteiger partial charge in [-0.25, -0.2) is 0 Å². The number of hydrogen-bond donors (Lipinski definition) is 0. The molecule has 0 aromatic carbocycles. The second-order valence-electron chi connectivity index (χ2n) is 4.02. The summed E-state index contributed by atoms with van der Waals surface area (Å²) in [5, 5.41) is 0. The van der Waals surface area contributed by atoms with E-state index in [0.717, 1.165) is 5.92 Å². The normalized spacial score (nSPS) is 15.3. The van der Waals surface area contributed by atoms with E-state index in [2.05, 4.69) is 41.0 Å². The van der Waals surface area contributed by atoms with Crippen LogP contribution in [0.4, 0.5) is 0 Å². The van der Waals surface area contributed by atoms with Crippen LogP contribution >= 0.6 is 0 Å². The molecule has 0 nitrogen and oxygen atoms in total. The Bertz CT molecular complexity index is 76.5. The molecule has 0 saturated carbocycles. The Hall–Kier alpha value is 0. The van der Waals surface area contributed by atoms with Crippen LogP contribution in [0.2, 0.25) is 0 Å². The van der Waals surface area contributed by atoms with Gasteiger partial charge in [0.2, 0.25) is 0 Å². The Morgan fingerprint density at radius 3 is 1.80 bits per heavy atom. The lowest BCUT2D eigenvalue weighted by Crippen LogP contribution is -2.19. The third-order valence-corrected chi connectivity index (χ3v) is 2.07. The van der Waals surface area contributed by atoms with Gasteiger partial charge >= 0.3 is 0 Å². The Morgan fingerprint density at radius 2 is 1.70 bits per heavy atom. The molecule has 1 atom stereocenters.